The Morgan fingerprint density at radius 3 is 2.11 bits per heavy atom. The summed E-state index contributed by atoms with van der Waals surface area (Å²) in [5, 5.41) is 9.03. The van der Waals surface area contributed by atoms with E-state index in [9.17, 15) is 31.1 Å². The average Bonchev–Trinajstić information content (AvgIpc) is 2.95. The third-order valence-corrected chi connectivity index (χ3v) is 8.22. The zero-order chi connectivity index (χ0) is 32.1. The van der Waals surface area contributed by atoms with Crippen LogP contribution in [0.2, 0.25) is 5.02 Å². The Bertz CT molecular complexity index is 1410. The van der Waals surface area contributed by atoms with Crippen LogP contribution in [0.5, 0.6) is 0 Å². The van der Waals surface area contributed by atoms with E-state index in [2.05, 4.69) is 4.98 Å². The highest BCUT2D eigenvalue weighted by Crippen LogP contribution is 2.36. The first kappa shape index (κ1) is 33.4. The lowest BCUT2D eigenvalue weighted by Crippen LogP contribution is -2.34. The van der Waals surface area contributed by atoms with Gasteiger partial charge in [0.05, 0.1) is 11.1 Å². The van der Waals surface area contributed by atoms with Crippen LogP contribution in [0.4, 0.5) is 37.8 Å². The van der Waals surface area contributed by atoms with Crippen molar-refractivity contribution in [3.63, 3.8) is 0 Å². The van der Waals surface area contributed by atoms with Gasteiger partial charge in [-0.05, 0) is 86.4 Å². The first-order valence-corrected chi connectivity index (χ1v) is 14.8. The van der Waals surface area contributed by atoms with Crippen molar-refractivity contribution in [3.8, 4) is 0 Å². The molecule has 4 rings (SSSR count). The van der Waals surface area contributed by atoms with Crippen molar-refractivity contribution in [1.29, 1.82) is 0 Å². The number of hydrogen-bond donors (Lipinski definition) is 1. The normalized spacial score (nSPS) is 17.4. The molecule has 238 valence electrons. The molecule has 0 bridgehead atoms. The number of hydrogen-bond acceptors (Lipinski definition) is 4. The quantitative estimate of drug-likeness (QED) is 0.212. The van der Waals surface area contributed by atoms with Crippen molar-refractivity contribution in [2.45, 2.75) is 64.5 Å². The van der Waals surface area contributed by atoms with Crippen LogP contribution in [0.15, 0.2) is 60.8 Å². The molecule has 0 aliphatic heterocycles. The molecule has 1 N–H and O–H groups in total. The highest BCUT2D eigenvalue weighted by atomic mass is 35.5. The molecule has 0 unspecified atom stereocenters. The highest BCUT2D eigenvalue weighted by molar-refractivity contribution is 6.30. The summed E-state index contributed by atoms with van der Waals surface area (Å²) < 4.78 is 82.2. The molecule has 3 aromatic rings. The zero-order valence-electron chi connectivity index (χ0n) is 24.1. The van der Waals surface area contributed by atoms with E-state index in [1.165, 1.54) is 6.07 Å². The Hall–Kier alpha value is -3.47. The standard InChI is InChI=1S/C32H34ClF6N3O2/c1-2-41(18-22-10-8-21(9-11-22)14-29(43)44)30-24(15-26(17-40-30)32(37,38)39)20-42(28-6-4-3-5-7-28)19-23-12-25(31(34,35)36)16-27(33)13-23/h3-7,12-13,15-17,21-22H,2,8-11,14,18-20H2,1H3,(H,43,44). The van der Waals surface area contributed by atoms with Crippen molar-refractivity contribution in [3.05, 3.63) is 88.1 Å². The topological polar surface area (TPSA) is 56.7 Å². The summed E-state index contributed by atoms with van der Waals surface area (Å²) in [5.41, 5.74) is -0.700. The number of carbonyl (C=O) groups is 1. The number of aromatic nitrogens is 1. The van der Waals surface area contributed by atoms with Crippen LogP contribution in [-0.4, -0.2) is 29.1 Å². The Morgan fingerprint density at radius 1 is 0.886 bits per heavy atom. The van der Waals surface area contributed by atoms with Gasteiger partial charge < -0.3 is 14.9 Å². The minimum absolute atomic E-state index is 0.0525. The Kier molecular flexibility index (Phi) is 10.7. The number of carboxylic acid groups (broad SMARTS) is 1. The van der Waals surface area contributed by atoms with Gasteiger partial charge in [0.2, 0.25) is 0 Å². The molecule has 0 amide bonds. The number of nitrogens with zero attached hydrogens (tertiary/aromatic N) is 3. The molecular weight excluding hydrogens is 608 g/mol. The molecule has 1 aromatic heterocycles. The number of rotatable bonds is 11. The summed E-state index contributed by atoms with van der Waals surface area (Å²) in [5.74, 6) is -0.120. The van der Waals surface area contributed by atoms with Gasteiger partial charge in [-0.15, -0.1) is 0 Å². The lowest BCUT2D eigenvalue weighted by Gasteiger charge is -2.34. The maximum Gasteiger partial charge on any atom is 0.417 e. The molecule has 0 radical (unpaired) electrons. The molecule has 1 heterocycles. The van der Waals surface area contributed by atoms with Crippen molar-refractivity contribution in [2.24, 2.45) is 11.8 Å². The van der Waals surface area contributed by atoms with Gasteiger partial charge in [-0.3, -0.25) is 4.79 Å². The van der Waals surface area contributed by atoms with Crippen LogP contribution in [0.1, 0.15) is 61.3 Å². The van der Waals surface area contributed by atoms with E-state index in [1.54, 1.807) is 35.2 Å². The SMILES string of the molecule is CCN(CC1CCC(CC(=O)O)CC1)c1ncc(C(F)(F)F)cc1CN(Cc1cc(Cl)cc(C(F)(F)F)c1)c1ccccc1. The van der Waals surface area contributed by atoms with E-state index in [0.717, 1.165) is 50.1 Å². The Balaban J connectivity index is 1.67. The van der Waals surface area contributed by atoms with Gasteiger partial charge >= 0.3 is 18.3 Å². The summed E-state index contributed by atoms with van der Waals surface area (Å²) in [6.07, 6.45) is -5.19. The molecule has 2 aromatic carbocycles. The van der Waals surface area contributed by atoms with Crippen molar-refractivity contribution < 1.29 is 36.2 Å². The number of halogens is 7. The molecule has 1 fully saturated rings. The van der Waals surface area contributed by atoms with E-state index in [0.29, 0.717) is 24.6 Å². The molecule has 44 heavy (non-hydrogen) atoms. The minimum Gasteiger partial charge on any atom is -0.481 e. The van der Waals surface area contributed by atoms with E-state index >= 15 is 0 Å². The maximum atomic E-state index is 13.9. The second-order valence-corrected chi connectivity index (χ2v) is 11.7. The third-order valence-electron chi connectivity index (χ3n) is 8.00. The summed E-state index contributed by atoms with van der Waals surface area (Å²) in [6.45, 7) is 2.78. The monoisotopic (exact) mass is 641 g/mol. The fourth-order valence-electron chi connectivity index (χ4n) is 5.81. The number of alkyl halides is 6. The number of benzene rings is 2. The molecular formula is C32H34ClF6N3O2. The van der Waals surface area contributed by atoms with Crippen LogP contribution < -0.4 is 9.80 Å². The van der Waals surface area contributed by atoms with Gasteiger partial charge in [-0.1, -0.05) is 29.8 Å². The smallest absolute Gasteiger partial charge is 0.417 e. The fourth-order valence-corrected chi connectivity index (χ4v) is 6.07. The molecule has 5 nitrogen and oxygen atoms in total. The Labute approximate surface area is 257 Å². The van der Waals surface area contributed by atoms with Crippen LogP contribution >= 0.6 is 11.6 Å². The van der Waals surface area contributed by atoms with Gasteiger partial charge in [-0.25, -0.2) is 4.98 Å². The largest absolute Gasteiger partial charge is 0.481 e. The summed E-state index contributed by atoms with van der Waals surface area (Å²) in [7, 11) is 0. The number of pyridine rings is 1. The van der Waals surface area contributed by atoms with Crippen molar-refractivity contribution in [1.82, 2.24) is 4.98 Å². The van der Waals surface area contributed by atoms with Gasteiger partial charge in [0.15, 0.2) is 0 Å². The number of anilines is 2. The van der Waals surface area contributed by atoms with Gasteiger partial charge in [-0.2, -0.15) is 26.3 Å². The number of para-hydroxylation sites is 1. The number of carboxylic acids is 1. The summed E-state index contributed by atoms with van der Waals surface area (Å²) >= 11 is 6.04. The second-order valence-electron chi connectivity index (χ2n) is 11.3. The van der Waals surface area contributed by atoms with Crippen LogP contribution in [0.3, 0.4) is 0 Å². The molecule has 12 heteroatoms. The fraction of sp³-hybridized carbons (Fsp3) is 0.438. The molecule has 0 spiro atoms. The van der Waals surface area contributed by atoms with Crippen molar-refractivity contribution in [2.75, 3.05) is 22.9 Å². The molecule has 0 atom stereocenters. The van der Waals surface area contributed by atoms with Crippen LogP contribution in [0, 0.1) is 11.8 Å². The summed E-state index contributed by atoms with van der Waals surface area (Å²) in [6, 6.07) is 13.0. The predicted molar refractivity (Wildman–Crippen MR) is 158 cm³/mol. The molecule has 1 aliphatic carbocycles. The predicted octanol–water partition coefficient (Wildman–Crippen LogP) is 9.09. The third kappa shape index (κ3) is 9.03. The van der Waals surface area contributed by atoms with Gasteiger partial charge in [0.1, 0.15) is 5.82 Å². The van der Waals surface area contributed by atoms with Crippen LogP contribution in [-0.2, 0) is 30.2 Å². The van der Waals surface area contributed by atoms with Crippen molar-refractivity contribution >= 4 is 29.1 Å². The lowest BCUT2D eigenvalue weighted by molar-refractivity contribution is -0.139. The average molecular weight is 642 g/mol. The minimum atomic E-state index is -4.65. The van der Waals surface area contributed by atoms with Crippen LogP contribution in [0.25, 0.3) is 0 Å². The lowest BCUT2D eigenvalue weighted by atomic mass is 9.80. The Morgan fingerprint density at radius 2 is 1.52 bits per heavy atom. The molecule has 1 aliphatic rings. The van der Waals surface area contributed by atoms with E-state index in [4.69, 9.17) is 16.7 Å². The second kappa shape index (κ2) is 14.1. The number of aliphatic carboxylic acids is 1. The molecule has 1 saturated carbocycles. The van der Waals surface area contributed by atoms with Gasteiger partial charge in [0.25, 0.3) is 0 Å². The van der Waals surface area contributed by atoms with Gasteiger partial charge in [0, 0.05) is 55.1 Å². The van der Waals surface area contributed by atoms with E-state index in [-0.39, 0.29) is 47.5 Å². The molecule has 0 saturated heterocycles. The first-order valence-electron chi connectivity index (χ1n) is 14.4. The van der Waals surface area contributed by atoms with E-state index in [1.807, 2.05) is 11.8 Å². The first-order chi connectivity index (χ1) is 20.7. The summed E-state index contributed by atoms with van der Waals surface area (Å²) in [4.78, 5) is 19.0. The maximum absolute atomic E-state index is 13.9. The van der Waals surface area contributed by atoms with E-state index < -0.39 is 29.4 Å². The zero-order valence-corrected chi connectivity index (χ0v) is 24.9. The highest BCUT2D eigenvalue weighted by Gasteiger charge is 2.34.